The van der Waals surface area contributed by atoms with Crippen LogP contribution < -0.4 is 4.72 Å². The van der Waals surface area contributed by atoms with E-state index in [0.717, 1.165) is 10.4 Å². The summed E-state index contributed by atoms with van der Waals surface area (Å²) in [5.74, 6) is 1.22. The van der Waals surface area contributed by atoms with Gasteiger partial charge in [0.15, 0.2) is 5.76 Å². The number of hydrogen-bond acceptors (Lipinski definition) is 7. The molecule has 1 N–H and O–H groups in total. The molecule has 0 saturated heterocycles. The van der Waals surface area contributed by atoms with Gasteiger partial charge in [0, 0.05) is 4.88 Å². The standard InChI is InChI=1S/C18H15N3O4S2/c1-12-8-9-17(26-12)27(22,23)21-14-6-3-2-5-13(14)11-16-19-18(20-25-16)15-7-4-10-24-15/h2-10,21H,11H2,1H3. The maximum absolute atomic E-state index is 12.6. The number of sulfonamides is 1. The zero-order chi connectivity index (χ0) is 18.9. The highest BCUT2D eigenvalue weighted by Crippen LogP contribution is 2.26. The second-order valence-electron chi connectivity index (χ2n) is 5.79. The smallest absolute Gasteiger partial charge is 0.271 e. The average Bonchev–Trinajstić information content (AvgIpc) is 3.37. The van der Waals surface area contributed by atoms with Gasteiger partial charge in [0.25, 0.3) is 10.0 Å². The van der Waals surface area contributed by atoms with Crippen LogP contribution in [0.4, 0.5) is 5.69 Å². The molecule has 4 rings (SSSR count). The van der Waals surface area contributed by atoms with E-state index in [1.807, 2.05) is 19.1 Å². The van der Waals surface area contributed by atoms with Crippen LogP contribution in [-0.4, -0.2) is 18.6 Å². The third-order valence-electron chi connectivity index (χ3n) is 3.79. The van der Waals surface area contributed by atoms with Crippen LogP contribution in [0.5, 0.6) is 0 Å². The molecule has 7 nitrogen and oxygen atoms in total. The van der Waals surface area contributed by atoms with Crippen molar-refractivity contribution >= 4 is 27.0 Å². The minimum Gasteiger partial charge on any atom is -0.461 e. The van der Waals surface area contributed by atoms with Crippen molar-refractivity contribution in [2.24, 2.45) is 0 Å². The lowest BCUT2D eigenvalue weighted by atomic mass is 10.1. The molecule has 0 radical (unpaired) electrons. The van der Waals surface area contributed by atoms with E-state index in [0.29, 0.717) is 23.2 Å². The average molecular weight is 401 g/mol. The molecule has 3 aromatic heterocycles. The van der Waals surface area contributed by atoms with Gasteiger partial charge in [-0.05, 0) is 42.8 Å². The van der Waals surface area contributed by atoms with Gasteiger partial charge in [0.1, 0.15) is 4.21 Å². The summed E-state index contributed by atoms with van der Waals surface area (Å²) in [6.07, 6.45) is 1.82. The highest BCUT2D eigenvalue weighted by molar-refractivity contribution is 7.94. The molecule has 3 heterocycles. The molecule has 1 aromatic carbocycles. The van der Waals surface area contributed by atoms with Gasteiger partial charge in [-0.3, -0.25) is 4.72 Å². The Morgan fingerprint density at radius 3 is 2.70 bits per heavy atom. The van der Waals surface area contributed by atoms with Gasteiger partial charge in [-0.2, -0.15) is 4.98 Å². The monoisotopic (exact) mass is 401 g/mol. The largest absolute Gasteiger partial charge is 0.461 e. The molecular formula is C18H15N3O4S2. The number of nitrogens with one attached hydrogen (secondary N) is 1. The Labute approximate surface area is 159 Å². The van der Waals surface area contributed by atoms with Crippen molar-refractivity contribution in [3.05, 3.63) is 71.1 Å². The molecule has 0 atom stereocenters. The van der Waals surface area contributed by atoms with Crippen molar-refractivity contribution in [2.45, 2.75) is 17.6 Å². The van der Waals surface area contributed by atoms with E-state index >= 15 is 0 Å². The maximum atomic E-state index is 12.6. The van der Waals surface area contributed by atoms with Crippen LogP contribution in [-0.2, 0) is 16.4 Å². The van der Waals surface area contributed by atoms with Crippen LogP contribution in [0.3, 0.4) is 0 Å². The van der Waals surface area contributed by atoms with Crippen molar-refractivity contribution in [3.8, 4) is 11.6 Å². The number of hydrogen-bond donors (Lipinski definition) is 1. The lowest BCUT2D eigenvalue weighted by Gasteiger charge is -2.10. The third-order valence-corrected chi connectivity index (χ3v) is 6.65. The second-order valence-corrected chi connectivity index (χ2v) is 8.99. The number of rotatable bonds is 6. The highest BCUT2D eigenvalue weighted by Gasteiger charge is 2.19. The Kier molecular flexibility index (Phi) is 4.54. The predicted molar refractivity (Wildman–Crippen MR) is 101 cm³/mol. The molecule has 0 aliphatic carbocycles. The first-order valence-corrected chi connectivity index (χ1v) is 10.3. The molecule has 27 heavy (non-hydrogen) atoms. The van der Waals surface area contributed by atoms with E-state index in [2.05, 4.69) is 14.9 Å². The summed E-state index contributed by atoms with van der Waals surface area (Å²) in [4.78, 5) is 5.23. The van der Waals surface area contributed by atoms with Gasteiger partial charge in [0.2, 0.25) is 11.7 Å². The molecular weight excluding hydrogens is 386 g/mol. The minimum absolute atomic E-state index is 0.271. The number of aromatic nitrogens is 2. The van der Waals surface area contributed by atoms with E-state index in [1.165, 1.54) is 17.6 Å². The van der Waals surface area contributed by atoms with Gasteiger partial charge in [-0.15, -0.1) is 11.3 Å². The Balaban J connectivity index is 1.58. The molecule has 0 bridgehead atoms. The van der Waals surface area contributed by atoms with Crippen LogP contribution >= 0.6 is 11.3 Å². The Hall–Kier alpha value is -2.91. The molecule has 138 valence electrons. The quantitative estimate of drug-likeness (QED) is 0.522. The van der Waals surface area contributed by atoms with Gasteiger partial charge >= 0.3 is 0 Å². The molecule has 0 aliphatic rings. The van der Waals surface area contributed by atoms with Crippen LogP contribution in [0.1, 0.15) is 16.3 Å². The lowest BCUT2D eigenvalue weighted by molar-refractivity contribution is 0.384. The van der Waals surface area contributed by atoms with Crippen molar-refractivity contribution in [1.82, 2.24) is 10.1 Å². The number of benzene rings is 1. The fourth-order valence-electron chi connectivity index (χ4n) is 2.52. The van der Waals surface area contributed by atoms with Crippen molar-refractivity contribution < 1.29 is 17.4 Å². The molecule has 0 aliphatic heterocycles. The topological polar surface area (TPSA) is 98.2 Å². The summed E-state index contributed by atoms with van der Waals surface area (Å²) < 4.78 is 38.7. The fraction of sp³-hybridized carbons (Fsp3) is 0.111. The third kappa shape index (κ3) is 3.79. The van der Waals surface area contributed by atoms with Crippen LogP contribution in [0.15, 0.2) is 67.9 Å². The number of nitrogens with zero attached hydrogens (tertiary/aromatic N) is 2. The molecule has 9 heteroatoms. The maximum Gasteiger partial charge on any atom is 0.271 e. The van der Waals surface area contributed by atoms with Crippen molar-refractivity contribution in [1.29, 1.82) is 0 Å². The van der Waals surface area contributed by atoms with Crippen LogP contribution in [0, 0.1) is 6.92 Å². The number of para-hydroxylation sites is 1. The van der Waals surface area contributed by atoms with Crippen molar-refractivity contribution in [3.63, 3.8) is 0 Å². The van der Waals surface area contributed by atoms with Gasteiger partial charge in [-0.1, -0.05) is 23.4 Å². The molecule has 4 aromatic rings. The van der Waals surface area contributed by atoms with Gasteiger partial charge < -0.3 is 8.94 Å². The molecule has 0 spiro atoms. The Morgan fingerprint density at radius 2 is 1.96 bits per heavy atom. The number of furan rings is 1. The zero-order valence-corrected chi connectivity index (χ0v) is 15.9. The SMILES string of the molecule is Cc1ccc(S(=O)(=O)Nc2ccccc2Cc2nc(-c3ccco3)no2)s1. The molecule has 0 fully saturated rings. The predicted octanol–water partition coefficient (Wildman–Crippen LogP) is 4.09. The first-order chi connectivity index (χ1) is 13.0. The van der Waals surface area contributed by atoms with E-state index in [1.54, 1.807) is 36.4 Å². The summed E-state index contributed by atoms with van der Waals surface area (Å²) in [5.41, 5.74) is 1.20. The van der Waals surface area contributed by atoms with E-state index < -0.39 is 10.0 Å². The summed E-state index contributed by atoms with van der Waals surface area (Å²) >= 11 is 1.22. The number of aryl methyl sites for hydroxylation is 1. The molecule has 0 saturated carbocycles. The summed E-state index contributed by atoms with van der Waals surface area (Å²) in [6, 6.07) is 14.0. The van der Waals surface area contributed by atoms with E-state index in [4.69, 9.17) is 8.94 Å². The number of thiophene rings is 1. The zero-order valence-electron chi connectivity index (χ0n) is 14.2. The summed E-state index contributed by atoms with van der Waals surface area (Å²) in [6.45, 7) is 1.86. The second kappa shape index (κ2) is 7.01. The van der Waals surface area contributed by atoms with Gasteiger partial charge in [-0.25, -0.2) is 8.42 Å². The highest BCUT2D eigenvalue weighted by atomic mass is 32.2. The fourth-order valence-corrected chi connectivity index (χ4v) is 4.91. The summed E-state index contributed by atoms with van der Waals surface area (Å²) in [5, 5.41) is 3.89. The lowest BCUT2D eigenvalue weighted by Crippen LogP contribution is -2.13. The first kappa shape index (κ1) is 17.5. The van der Waals surface area contributed by atoms with Crippen LogP contribution in [0.25, 0.3) is 11.6 Å². The van der Waals surface area contributed by atoms with E-state index in [-0.39, 0.29) is 10.6 Å². The normalized spacial score (nSPS) is 11.6. The summed E-state index contributed by atoms with van der Waals surface area (Å²) in [7, 11) is -3.65. The number of anilines is 1. The Morgan fingerprint density at radius 1 is 1.11 bits per heavy atom. The van der Waals surface area contributed by atoms with Crippen molar-refractivity contribution in [2.75, 3.05) is 4.72 Å². The van der Waals surface area contributed by atoms with E-state index in [9.17, 15) is 8.42 Å². The minimum atomic E-state index is -3.65. The van der Waals surface area contributed by atoms with Gasteiger partial charge in [0.05, 0.1) is 18.4 Å². The van der Waals surface area contributed by atoms with Crippen LogP contribution in [0.2, 0.25) is 0 Å². The molecule has 0 amide bonds. The Bertz CT molecular complexity index is 1160. The molecule has 0 unspecified atom stereocenters. The first-order valence-electron chi connectivity index (χ1n) is 8.05.